The largest absolute Gasteiger partial charge is 0.511 e. The Balaban J connectivity index is 2.95. The topological polar surface area (TPSA) is 75.7 Å². The van der Waals surface area contributed by atoms with Crippen molar-refractivity contribution in [3.05, 3.63) is 11.3 Å². The van der Waals surface area contributed by atoms with Gasteiger partial charge in [0.25, 0.3) is 0 Å². The molecule has 0 amide bonds. The molecule has 0 aromatic heterocycles. The van der Waals surface area contributed by atoms with Crippen LogP contribution < -0.4 is 5.73 Å². The van der Waals surface area contributed by atoms with Crippen LogP contribution in [0.15, 0.2) is 16.3 Å². The average Bonchev–Trinajstić information content (AvgIpc) is 2.13. The van der Waals surface area contributed by atoms with Gasteiger partial charge in [-0.2, -0.15) is 0 Å². The maximum absolute atomic E-state index is 11.8. The number of hydrogen-bond donors (Lipinski definition) is 2. The number of allylic oxidation sites excluding steroid dienone is 2. The molecule has 1 aliphatic rings. The molecule has 6 heteroatoms. The average molecular weight is 270 g/mol. The van der Waals surface area contributed by atoms with E-state index in [0.29, 0.717) is 12.8 Å². The first-order valence-corrected chi connectivity index (χ1v) is 5.88. The summed E-state index contributed by atoms with van der Waals surface area (Å²) in [4.78, 5) is 15.6. The minimum Gasteiger partial charge on any atom is -0.511 e. The fourth-order valence-corrected chi connectivity index (χ4v) is 1.74. The molecular formula is C11H14N2O2S2. The second-order valence-electron chi connectivity index (χ2n) is 4.73. The van der Waals surface area contributed by atoms with E-state index in [1.807, 2.05) is 13.8 Å². The van der Waals surface area contributed by atoms with Crippen LogP contribution in [0.3, 0.4) is 0 Å². The van der Waals surface area contributed by atoms with Crippen LogP contribution in [-0.2, 0) is 4.79 Å². The van der Waals surface area contributed by atoms with Crippen LogP contribution in [0.25, 0.3) is 0 Å². The molecule has 0 bridgehead atoms. The van der Waals surface area contributed by atoms with Gasteiger partial charge in [-0.05, 0) is 5.41 Å². The molecule has 0 radical (unpaired) electrons. The number of rotatable bonds is 1. The molecule has 1 rings (SSSR count). The van der Waals surface area contributed by atoms with Crippen molar-refractivity contribution in [2.75, 3.05) is 0 Å². The molecule has 0 aliphatic heterocycles. The highest BCUT2D eigenvalue weighted by atomic mass is 32.1. The number of aliphatic hydroxyl groups excluding tert-OH is 1. The maximum atomic E-state index is 11.8. The molecular weight excluding hydrogens is 256 g/mol. The van der Waals surface area contributed by atoms with E-state index >= 15 is 0 Å². The zero-order valence-corrected chi connectivity index (χ0v) is 11.3. The third-order valence-electron chi connectivity index (χ3n) is 2.42. The summed E-state index contributed by atoms with van der Waals surface area (Å²) in [6, 6.07) is 0. The molecule has 4 nitrogen and oxygen atoms in total. The predicted molar refractivity (Wildman–Crippen MR) is 75.6 cm³/mol. The van der Waals surface area contributed by atoms with Crippen LogP contribution in [0.4, 0.5) is 0 Å². The molecule has 0 heterocycles. The number of Topliss-reactive ketones (excluding diaryl/α,β-unsaturated/α-hetero) is 1. The predicted octanol–water partition coefficient (Wildman–Crippen LogP) is 1.87. The normalized spacial score (nSPS) is 19.8. The summed E-state index contributed by atoms with van der Waals surface area (Å²) >= 11 is 9.43. The minimum absolute atomic E-state index is 0.0000666. The van der Waals surface area contributed by atoms with E-state index in [9.17, 15) is 9.90 Å². The molecule has 92 valence electrons. The Hall–Kier alpha value is -1.14. The van der Waals surface area contributed by atoms with Crippen LogP contribution >= 0.6 is 24.4 Å². The minimum atomic E-state index is -0.220. The summed E-state index contributed by atoms with van der Waals surface area (Å²) in [5.41, 5.74) is 5.25. The zero-order chi connectivity index (χ0) is 13.2. The van der Waals surface area contributed by atoms with Crippen LogP contribution in [0.1, 0.15) is 26.7 Å². The molecule has 0 fully saturated rings. The fraction of sp³-hybridized carbons (Fsp3) is 0.455. The summed E-state index contributed by atoms with van der Waals surface area (Å²) in [6.45, 7) is 3.85. The molecule has 0 spiro atoms. The Morgan fingerprint density at radius 2 is 2.06 bits per heavy atom. The standard InChI is InChI=1S/C11H14N2O2S2/c1-11(2)3-7(14)6(8(15)4-11)5-13-10(17)9(12)16/h5,14H,3-4H2,1-2H3,(H2,12,16). The van der Waals surface area contributed by atoms with Crippen molar-refractivity contribution in [2.24, 2.45) is 16.1 Å². The quantitative estimate of drug-likeness (QED) is 0.562. The van der Waals surface area contributed by atoms with Gasteiger partial charge < -0.3 is 10.8 Å². The highest BCUT2D eigenvalue weighted by Crippen LogP contribution is 2.35. The Labute approximate surface area is 111 Å². The van der Waals surface area contributed by atoms with Crippen LogP contribution in [0.2, 0.25) is 0 Å². The highest BCUT2D eigenvalue weighted by Gasteiger charge is 2.32. The maximum Gasteiger partial charge on any atom is 0.168 e. The summed E-state index contributed by atoms with van der Waals surface area (Å²) < 4.78 is 0. The van der Waals surface area contributed by atoms with Crippen molar-refractivity contribution in [2.45, 2.75) is 26.7 Å². The Kier molecular flexibility index (Phi) is 4.11. The Bertz CT molecular complexity index is 450. The van der Waals surface area contributed by atoms with E-state index in [0.717, 1.165) is 0 Å². The van der Waals surface area contributed by atoms with Crippen molar-refractivity contribution in [1.29, 1.82) is 0 Å². The molecule has 0 unspecified atom stereocenters. The molecule has 0 aromatic carbocycles. The number of thiocarbonyl (C=S) groups is 2. The van der Waals surface area contributed by atoms with Gasteiger partial charge in [0.2, 0.25) is 0 Å². The van der Waals surface area contributed by atoms with Gasteiger partial charge in [0.15, 0.2) is 10.8 Å². The number of carbonyl (C=O) groups is 1. The van der Waals surface area contributed by atoms with E-state index in [2.05, 4.69) is 17.2 Å². The molecule has 3 N–H and O–H groups in total. The van der Waals surface area contributed by atoms with E-state index in [1.54, 1.807) is 0 Å². The summed E-state index contributed by atoms with van der Waals surface area (Å²) in [6.07, 6.45) is 2.06. The first-order valence-electron chi connectivity index (χ1n) is 5.06. The summed E-state index contributed by atoms with van der Waals surface area (Å²) in [5.74, 6) is -0.103. The number of aliphatic imine (C=N–C) groups is 1. The second kappa shape index (κ2) is 5.01. The number of hydrogen-bond acceptors (Lipinski definition) is 4. The van der Waals surface area contributed by atoms with Gasteiger partial charge in [-0.25, -0.2) is 4.99 Å². The molecule has 0 saturated heterocycles. The van der Waals surface area contributed by atoms with E-state index in [-0.39, 0.29) is 32.5 Å². The van der Waals surface area contributed by atoms with Crippen molar-refractivity contribution < 1.29 is 9.90 Å². The van der Waals surface area contributed by atoms with E-state index < -0.39 is 0 Å². The number of carbonyl (C=O) groups excluding carboxylic acids is 1. The van der Waals surface area contributed by atoms with Gasteiger partial charge >= 0.3 is 0 Å². The fourth-order valence-electron chi connectivity index (χ4n) is 1.64. The monoisotopic (exact) mass is 270 g/mol. The molecule has 0 saturated carbocycles. The van der Waals surface area contributed by atoms with Crippen molar-refractivity contribution in [1.82, 2.24) is 0 Å². The summed E-state index contributed by atoms with van der Waals surface area (Å²) in [5, 5.41) is 9.79. The van der Waals surface area contributed by atoms with Gasteiger partial charge in [-0.15, -0.1) is 0 Å². The van der Waals surface area contributed by atoms with Gasteiger partial charge in [0, 0.05) is 19.1 Å². The number of nitrogens with two attached hydrogens (primary N) is 1. The van der Waals surface area contributed by atoms with Crippen LogP contribution in [-0.4, -0.2) is 27.1 Å². The lowest BCUT2D eigenvalue weighted by Gasteiger charge is -2.28. The smallest absolute Gasteiger partial charge is 0.168 e. The zero-order valence-electron chi connectivity index (χ0n) is 9.69. The number of ketones is 1. The van der Waals surface area contributed by atoms with Gasteiger partial charge in [0.05, 0.1) is 5.57 Å². The molecule has 17 heavy (non-hydrogen) atoms. The van der Waals surface area contributed by atoms with Crippen LogP contribution in [0.5, 0.6) is 0 Å². The van der Waals surface area contributed by atoms with E-state index in [4.69, 9.17) is 18.0 Å². The Morgan fingerprint density at radius 1 is 1.47 bits per heavy atom. The SMILES string of the molecule is CC1(C)CC(=O)C(C=NC(=S)C(N)=S)=C(O)C1. The van der Waals surface area contributed by atoms with Gasteiger partial charge in [0.1, 0.15) is 10.7 Å². The third-order valence-corrected chi connectivity index (χ3v) is 3.07. The second-order valence-corrected chi connectivity index (χ2v) is 5.56. The lowest BCUT2D eigenvalue weighted by molar-refractivity contribution is -0.117. The van der Waals surface area contributed by atoms with Gasteiger partial charge in [-0.3, -0.25) is 4.79 Å². The lowest BCUT2D eigenvalue weighted by atomic mass is 9.77. The molecule has 0 atom stereocenters. The van der Waals surface area contributed by atoms with Crippen LogP contribution in [0, 0.1) is 5.41 Å². The third kappa shape index (κ3) is 3.67. The summed E-state index contributed by atoms with van der Waals surface area (Å²) in [7, 11) is 0. The number of aliphatic hydroxyl groups is 1. The van der Waals surface area contributed by atoms with Crippen molar-refractivity contribution in [3.8, 4) is 0 Å². The van der Waals surface area contributed by atoms with Crippen molar-refractivity contribution >= 4 is 46.4 Å². The highest BCUT2D eigenvalue weighted by molar-refractivity contribution is 7.89. The first-order chi connectivity index (χ1) is 7.73. The van der Waals surface area contributed by atoms with Gasteiger partial charge in [-0.1, -0.05) is 38.3 Å². The van der Waals surface area contributed by atoms with E-state index in [1.165, 1.54) is 6.21 Å². The molecule has 1 aliphatic carbocycles. The number of nitrogens with zero attached hydrogens (tertiary/aromatic N) is 1. The van der Waals surface area contributed by atoms with Crippen molar-refractivity contribution in [3.63, 3.8) is 0 Å². The molecule has 0 aromatic rings. The Morgan fingerprint density at radius 3 is 2.53 bits per heavy atom. The first kappa shape index (κ1) is 13.9. The lowest BCUT2D eigenvalue weighted by Crippen LogP contribution is -2.26.